The van der Waals surface area contributed by atoms with Crippen LogP contribution in [0, 0.1) is 0 Å². The van der Waals surface area contributed by atoms with Crippen molar-refractivity contribution in [2.75, 3.05) is 6.61 Å². The molecule has 0 aliphatic rings. The summed E-state index contributed by atoms with van der Waals surface area (Å²) in [5, 5.41) is 10.7. The lowest BCUT2D eigenvalue weighted by Gasteiger charge is -2.20. The molecule has 0 saturated carbocycles. The molecule has 1 amide bonds. The number of alkyl carbamates (subject to hydrolysis) is 1. The van der Waals surface area contributed by atoms with Crippen LogP contribution in [0.25, 0.3) is 0 Å². The molecule has 75 valence electrons. The molecule has 0 aliphatic heterocycles. The summed E-state index contributed by atoms with van der Waals surface area (Å²) in [6.07, 6.45) is 0.716. The number of aliphatic hydroxyl groups excluding tert-OH is 1. The Balaban J connectivity index is 3.93. The third kappa shape index (κ3) is 6.10. The number of amides is 1. The van der Waals surface area contributed by atoms with E-state index in [0.29, 0.717) is 0 Å². The first kappa shape index (κ1) is 11.9. The van der Waals surface area contributed by atoms with Crippen molar-refractivity contribution in [2.24, 2.45) is 0 Å². The maximum atomic E-state index is 11.0. The van der Waals surface area contributed by atoms with E-state index in [-0.39, 0.29) is 0 Å². The van der Waals surface area contributed by atoms with Gasteiger partial charge in [0.1, 0.15) is 11.6 Å². The van der Waals surface area contributed by atoms with E-state index < -0.39 is 24.3 Å². The van der Waals surface area contributed by atoms with Crippen LogP contribution in [0.5, 0.6) is 0 Å². The first-order valence-electron chi connectivity index (χ1n) is 3.87. The minimum absolute atomic E-state index is 0.483. The summed E-state index contributed by atoms with van der Waals surface area (Å²) in [4.78, 5) is 21.0. The molecule has 1 atom stereocenters. The summed E-state index contributed by atoms with van der Waals surface area (Å²) < 4.78 is 4.83. The standard InChI is InChI=1S/C8H14NO4/c1-8(2,3)13-7(12)9-6(4-10)5-11/h6,10H,4H2,1-3H3,(H,9,12). The molecular weight excluding hydrogens is 174 g/mol. The maximum Gasteiger partial charge on any atom is 0.408 e. The molecule has 2 N–H and O–H groups in total. The Morgan fingerprint density at radius 3 is 2.46 bits per heavy atom. The van der Waals surface area contributed by atoms with Gasteiger partial charge in [-0.1, -0.05) is 0 Å². The van der Waals surface area contributed by atoms with Gasteiger partial charge in [0.25, 0.3) is 0 Å². The largest absolute Gasteiger partial charge is 0.444 e. The maximum absolute atomic E-state index is 11.0. The molecule has 1 unspecified atom stereocenters. The van der Waals surface area contributed by atoms with Gasteiger partial charge in [0.15, 0.2) is 0 Å². The Morgan fingerprint density at radius 1 is 1.62 bits per heavy atom. The third-order valence-electron chi connectivity index (χ3n) is 1.02. The average Bonchev–Trinajstić information content (AvgIpc) is 1.96. The van der Waals surface area contributed by atoms with Crippen molar-refractivity contribution in [1.29, 1.82) is 0 Å². The second-order valence-electron chi connectivity index (χ2n) is 3.50. The molecule has 5 heteroatoms. The second kappa shape index (κ2) is 4.81. The van der Waals surface area contributed by atoms with Crippen LogP contribution in [-0.4, -0.2) is 35.7 Å². The van der Waals surface area contributed by atoms with Gasteiger partial charge in [0.2, 0.25) is 6.29 Å². The molecule has 0 aromatic carbocycles. The number of carbonyl (C=O) groups is 1. The predicted octanol–water partition coefficient (Wildman–Crippen LogP) is -0.0183. The Kier molecular flexibility index (Phi) is 4.40. The van der Waals surface area contributed by atoms with E-state index in [2.05, 4.69) is 5.32 Å². The molecule has 0 aromatic heterocycles. The highest BCUT2D eigenvalue weighted by atomic mass is 16.6. The number of hydrogen-bond donors (Lipinski definition) is 2. The SMILES string of the molecule is CC(C)(C)OC(=O)NC([C]=O)CO. The molecule has 1 radical (unpaired) electrons. The van der Waals surface area contributed by atoms with Crippen molar-refractivity contribution >= 4 is 12.4 Å². The van der Waals surface area contributed by atoms with Crippen molar-refractivity contribution in [1.82, 2.24) is 5.32 Å². The van der Waals surface area contributed by atoms with Crippen LogP contribution in [0.4, 0.5) is 4.79 Å². The molecule has 0 spiro atoms. The van der Waals surface area contributed by atoms with Gasteiger partial charge in [-0.3, -0.25) is 4.79 Å². The Labute approximate surface area is 77.1 Å². The minimum Gasteiger partial charge on any atom is -0.444 e. The summed E-state index contributed by atoms with van der Waals surface area (Å²) >= 11 is 0. The molecular formula is C8H14NO4. The molecule has 0 aromatic rings. The molecule has 5 nitrogen and oxygen atoms in total. The molecule has 0 heterocycles. The molecule has 0 rings (SSSR count). The van der Waals surface area contributed by atoms with E-state index in [0.717, 1.165) is 0 Å². The second-order valence-corrected chi connectivity index (χ2v) is 3.50. The van der Waals surface area contributed by atoms with E-state index in [1.54, 1.807) is 20.8 Å². The minimum atomic E-state index is -1.02. The van der Waals surface area contributed by atoms with Crippen molar-refractivity contribution in [2.45, 2.75) is 32.4 Å². The zero-order chi connectivity index (χ0) is 10.5. The number of rotatable bonds is 3. The lowest BCUT2D eigenvalue weighted by Crippen LogP contribution is -2.41. The van der Waals surface area contributed by atoms with E-state index in [9.17, 15) is 9.59 Å². The highest BCUT2D eigenvalue weighted by Gasteiger charge is 2.18. The van der Waals surface area contributed by atoms with Gasteiger partial charge < -0.3 is 15.2 Å². The van der Waals surface area contributed by atoms with Crippen molar-refractivity contribution < 1.29 is 19.4 Å². The van der Waals surface area contributed by atoms with Crippen molar-refractivity contribution in [3.05, 3.63) is 0 Å². The zero-order valence-electron chi connectivity index (χ0n) is 7.96. The van der Waals surface area contributed by atoms with Crippen LogP contribution in [-0.2, 0) is 9.53 Å². The fourth-order valence-electron chi connectivity index (χ4n) is 0.562. The fourth-order valence-corrected chi connectivity index (χ4v) is 0.562. The summed E-state index contributed by atoms with van der Waals surface area (Å²) in [5.74, 6) is 0. The topological polar surface area (TPSA) is 75.6 Å². The molecule has 0 saturated heterocycles. The van der Waals surface area contributed by atoms with Gasteiger partial charge >= 0.3 is 6.09 Å². The van der Waals surface area contributed by atoms with Gasteiger partial charge in [-0.2, -0.15) is 0 Å². The van der Waals surface area contributed by atoms with Crippen molar-refractivity contribution in [3.8, 4) is 0 Å². The number of hydrogen-bond acceptors (Lipinski definition) is 4. The fraction of sp³-hybridized carbons (Fsp3) is 0.750. The monoisotopic (exact) mass is 188 g/mol. The summed E-state index contributed by atoms with van der Waals surface area (Å²) in [6, 6.07) is -1.02. The number of ether oxygens (including phenoxy) is 1. The van der Waals surface area contributed by atoms with Gasteiger partial charge in [0, 0.05) is 0 Å². The van der Waals surface area contributed by atoms with Gasteiger partial charge in [-0.15, -0.1) is 0 Å². The summed E-state index contributed by atoms with van der Waals surface area (Å²) in [5.41, 5.74) is -0.618. The summed E-state index contributed by atoms with van der Waals surface area (Å²) in [7, 11) is 0. The van der Waals surface area contributed by atoms with Crippen LogP contribution < -0.4 is 5.32 Å². The lowest BCUT2D eigenvalue weighted by atomic mass is 10.2. The lowest BCUT2D eigenvalue weighted by molar-refractivity contribution is 0.0502. The molecule has 0 aliphatic carbocycles. The van der Waals surface area contributed by atoms with Gasteiger partial charge in [0.05, 0.1) is 6.61 Å². The Hall–Kier alpha value is -1.10. The Bertz CT molecular complexity index is 185. The van der Waals surface area contributed by atoms with E-state index in [1.807, 2.05) is 0 Å². The number of nitrogens with one attached hydrogen (secondary N) is 1. The predicted molar refractivity (Wildman–Crippen MR) is 45.9 cm³/mol. The average molecular weight is 188 g/mol. The third-order valence-corrected chi connectivity index (χ3v) is 1.02. The number of carbonyl (C=O) groups excluding carboxylic acids is 2. The zero-order valence-corrected chi connectivity index (χ0v) is 7.96. The molecule has 0 bridgehead atoms. The normalized spacial score (nSPS) is 13.2. The van der Waals surface area contributed by atoms with E-state index >= 15 is 0 Å². The van der Waals surface area contributed by atoms with E-state index in [4.69, 9.17) is 9.84 Å². The van der Waals surface area contributed by atoms with Gasteiger partial charge in [-0.25, -0.2) is 4.79 Å². The van der Waals surface area contributed by atoms with Crippen LogP contribution in [0.1, 0.15) is 20.8 Å². The van der Waals surface area contributed by atoms with Crippen LogP contribution in [0.15, 0.2) is 0 Å². The van der Waals surface area contributed by atoms with Gasteiger partial charge in [-0.05, 0) is 20.8 Å². The quantitative estimate of drug-likeness (QED) is 0.652. The molecule has 13 heavy (non-hydrogen) atoms. The van der Waals surface area contributed by atoms with Crippen molar-refractivity contribution in [3.63, 3.8) is 0 Å². The Morgan fingerprint density at radius 2 is 2.15 bits per heavy atom. The van der Waals surface area contributed by atoms with Crippen LogP contribution in [0.3, 0.4) is 0 Å². The highest BCUT2D eigenvalue weighted by Crippen LogP contribution is 2.06. The first-order chi connectivity index (χ1) is 5.89. The first-order valence-corrected chi connectivity index (χ1v) is 3.87. The highest BCUT2D eigenvalue weighted by molar-refractivity contribution is 5.73. The van der Waals surface area contributed by atoms with Crippen LogP contribution in [0.2, 0.25) is 0 Å². The number of aliphatic hydroxyl groups is 1. The molecule has 0 fully saturated rings. The smallest absolute Gasteiger partial charge is 0.408 e. The van der Waals surface area contributed by atoms with Crippen LogP contribution >= 0.6 is 0 Å². The van der Waals surface area contributed by atoms with E-state index in [1.165, 1.54) is 6.29 Å². The summed E-state index contributed by atoms with van der Waals surface area (Å²) in [6.45, 7) is 4.62.